The second-order valence-corrected chi connectivity index (χ2v) is 5.70. The zero-order chi connectivity index (χ0) is 14.3. The number of nitrogens with two attached hydrogens (primary N) is 1. The molecular formula is C15H18N2O3. The topological polar surface area (TPSA) is 79.7 Å². The molecule has 0 radical (unpaired) electrons. The number of carbonyl (C=O) groups excluding carboxylic acids is 1. The van der Waals surface area contributed by atoms with Crippen molar-refractivity contribution in [1.82, 2.24) is 4.90 Å². The molecule has 20 heavy (non-hydrogen) atoms. The first-order valence-electron chi connectivity index (χ1n) is 6.75. The molecule has 1 aliphatic heterocycles. The molecule has 1 amide bonds. The normalized spacial score (nSPS) is 18.4. The van der Waals surface area contributed by atoms with Crippen LogP contribution in [-0.4, -0.2) is 34.6 Å². The van der Waals surface area contributed by atoms with Crippen LogP contribution in [0, 0.1) is 0 Å². The van der Waals surface area contributed by atoms with Crippen molar-refractivity contribution in [3.63, 3.8) is 0 Å². The van der Waals surface area contributed by atoms with Crippen LogP contribution in [-0.2, 0) is 0 Å². The second kappa shape index (κ2) is 4.52. The van der Waals surface area contributed by atoms with Gasteiger partial charge in [-0.05, 0) is 44.0 Å². The van der Waals surface area contributed by atoms with Crippen LogP contribution in [0.4, 0.5) is 5.69 Å². The van der Waals surface area contributed by atoms with Gasteiger partial charge in [-0.15, -0.1) is 0 Å². The Morgan fingerprint density at radius 3 is 2.75 bits per heavy atom. The molecule has 2 aromatic rings. The zero-order valence-electron chi connectivity index (χ0n) is 11.4. The van der Waals surface area contributed by atoms with Gasteiger partial charge in [0.1, 0.15) is 5.58 Å². The maximum Gasteiger partial charge on any atom is 0.289 e. The zero-order valence-corrected chi connectivity index (χ0v) is 11.4. The van der Waals surface area contributed by atoms with Gasteiger partial charge in [0.15, 0.2) is 5.76 Å². The summed E-state index contributed by atoms with van der Waals surface area (Å²) in [5.74, 6) is 0.197. The summed E-state index contributed by atoms with van der Waals surface area (Å²) in [4.78, 5) is 14.1. The predicted molar refractivity (Wildman–Crippen MR) is 76.4 cm³/mol. The number of rotatable bonds is 1. The van der Waals surface area contributed by atoms with E-state index in [4.69, 9.17) is 10.2 Å². The maximum absolute atomic E-state index is 12.4. The lowest BCUT2D eigenvalue weighted by atomic mass is 9.94. The Kier molecular flexibility index (Phi) is 2.94. The molecule has 1 aromatic heterocycles. The van der Waals surface area contributed by atoms with Crippen molar-refractivity contribution in [3.8, 4) is 0 Å². The van der Waals surface area contributed by atoms with E-state index >= 15 is 0 Å². The highest BCUT2D eigenvalue weighted by Crippen LogP contribution is 2.26. The quantitative estimate of drug-likeness (QED) is 0.779. The predicted octanol–water partition coefficient (Wildman–Crippen LogP) is 2.00. The van der Waals surface area contributed by atoms with Crippen LogP contribution in [0.5, 0.6) is 0 Å². The van der Waals surface area contributed by atoms with E-state index in [1.54, 1.807) is 36.1 Å². The molecule has 1 aromatic carbocycles. The molecule has 106 valence electrons. The summed E-state index contributed by atoms with van der Waals surface area (Å²) < 4.78 is 5.58. The third kappa shape index (κ3) is 2.36. The standard InChI is InChI=1S/C15H18N2O3/c1-15(19)4-6-17(7-5-15)14(18)13-9-10-8-11(16)2-3-12(10)20-13/h2-3,8-9,19H,4-7,16H2,1H3. The molecule has 1 fully saturated rings. The molecule has 0 spiro atoms. The number of aliphatic hydroxyl groups is 1. The highest BCUT2D eigenvalue weighted by molar-refractivity contribution is 5.96. The fourth-order valence-electron chi connectivity index (χ4n) is 2.51. The van der Waals surface area contributed by atoms with Gasteiger partial charge >= 0.3 is 0 Å². The number of nitrogens with zero attached hydrogens (tertiary/aromatic N) is 1. The summed E-state index contributed by atoms with van der Waals surface area (Å²) in [5.41, 5.74) is 6.35. The maximum atomic E-state index is 12.4. The fraction of sp³-hybridized carbons (Fsp3) is 0.400. The van der Waals surface area contributed by atoms with Gasteiger partial charge in [-0.3, -0.25) is 4.79 Å². The van der Waals surface area contributed by atoms with E-state index in [2.05, 4.69) is 0 Å². The number of nitrogen functional groups attached to an aromatic ring is 1. The fourth-order valence-corrected chi connectivity index (χ4v) is 2.51. The first-order chi connectivity index (χ1) is 9.44. The number of anilines is 1. The molecule has 1 aliphatic rings. The van der Waals surface area contributed by atoms with Crippen LogP contribution >= 0.6 is 0 Å². The minimum atomic E-state index is -0.668. The van der Waals surface area contributed by atoms with Gasteiger partial charge in [-0.1, -0.05) is 0 Å². The van der Waals surface area contributed by atoms with Crippen molar-refractivity contribution >= 4 is 22.6 Å². The number of likely N-dealkylation sites (tertiary alicyclic amines) is 1. The molecule has 3 N–H and O–H groups in total. The molecule has 3 rings (SSSR count). The van der Waals surface area contributed by atoms with E-state index in [9.17, 15) is 9.90 Å². The Morgan fingerprint density at radius 1 is 1.35 bits per heavy atom. The van der Waals surface area contributed by atoms with Crippen molar-refractivity contribution in [2.75, 3.05) is 18.8 Å². The number of piperidine rings is 1. The number of amides is 1. The minimum absolute atomic E-state index is 0.129. The lowest BCUT2D eigenvalue weighted by Crippen LogP contribution is -2.45. The van der Waals surface area contributed by atoms with E-state index in [1.807, 2.05) is 0 Å². The van der Waals surface area contributed by atoms with Gasteiger partial charge in [0.2, 0.25) is 0 Å². The number of benzene rings is 1. The van der Waals surface area contributed by atoms with E-state index in [0.29, 0.717) is 43.0 Å². The Hall–Kier alpha value is -2.01. The van der Waals surface area contributed by atoms with Crippen molar-refractivity contribution < 1.29 is 14.3 Å². The van der Waals surface area contributed by atoms with Crippen LogP contribution in [0.1, 0.15) is 30.3 Å². The Morgan fingerprint density at radius 2 is 2.05 bits per heavy atom. The molecule has 2 heterocycles. The summed E-state index contributed by atoms with van der Waals surface area (Å²) >= 11 is 0. The summed E-state index contributed by atoms with van der Waals surface area (Å²) in [5, 5.41) is 10.7. The Bertz CT molecular complexity index is 650. The Labute approximate surface area is 117 Å². The molecule has 1 saturated heterocycles. The number of carbonyl (C=O) groups is 1. The van der Waals surface area contributed by atoms with E-state index in [0.717, 1.165) is 5.39 Å². The van der Waals surface area contributed by atoms with Gasteiger partial charge in [0, 0.05) is 24.2 Å². The van der Waals surface area contributed by atoms with E-state index < -0.39 is 5.60 Å². The number of fused-ring (bicyclic) bond motifs is 1. The number of hydrogen-bond donors (Lipinski definition) is 2. The van der Waals surface area contributed by atoms with E-state index in [-0.39, 0.29) is 5.91 Å². The van der Waals surface area contributed by atoms with Crippen LogP contribution < -0.4 is 5.73 Å². The first-order valence-corrected chi connectivity index (χ1v) is 6.75. The SMILES string of the molecule is CC1(O)CCN(C(=O)c2cc3cc(N)ccc3o2)CC1. The minimum Gasteiger partial charge on any atom is -0.451 e. The van der Waals surface area contributed by atoms with Gasteiger partial charge in [-0.2, -0.15) is 0 Å². The summed E-state index contributed by atoms with van der Waals surface area (Å²) in [6.45, 7) is 2.90. The third-order valence-electron chi connectivity index (χ3n) is 3.88. The van der Waals surface area contributed by atoms with Gasteiger partial charge in [-0.25, -0.2) is 0 Å². The molecule has 0 saturated carbocycles. The summed E-state index contributed by atoms with van der Waals surface area (Å²) in [7, 11) is 0. The average molecular weight is 274 g/mol. The smallest absolute Gasteiger partial charge is 0.289 e. The van der Waals surface area contributed by atoms with Crippen molar-refractivity contribution in [2.24, 2.45) is 0 Å². The molecule has 0 unspecified atom stereocenters. The number of furan rings is 1. The molecule has 0 bridgehead atoms. The van der Waals surface area contributed by atoms with Gasteiger partial charge < -0.3 is 20.2 Å². The molecule has 5 heteroatoms. The lowest BCUT2D eigenvalue weighted by Gasteiger charge is -2.35. The largest absolute Gasteiger partial charge is 0.451 e. The summed E-state index contributed by atoms with van der Waals surface area (Å²) in [6.07, 6.45) is 1.18. The van der Waals surface area contributed by atoms with Crippen LogP contribution in [0.15, 0.2) is 28.7 Å². The monoisotopic (exact) mass is 274 g/mol. The first kappa shape index (κ1) is 13.0. The highest BCUT2D eigenvalue weighted by Gasteiger charge is 2.31. The lowest BCUT2D eigenvalue weighted by molar-refractivity contribution is -0.00282. The van der Waals surface area contributed by atoms with E-state index in [1.165, 1.54) is 0 Å². The number of hydrogen-bond acceptors (Lipinski definition) is 4. The van der Waals surface area contributed by atoms with Crippen LogP contribution in [0.25, 0.3) is 11.0 Å². The molecule has 0 atom stereocenters. The molecular weight excluding hydrogens is 256 g/mol. The van der Waals surface area contributed by atoms with Gasteiger partial charge in [0.05, 0.1) is 5.60 Å². The third-order valence-corrected chi connectivity index (χ3v) is 3.88. The van der Waals surface area contributed by atoms with Gasteiger partial charge in [0.25, 0.3) is 5.91 Å². The van der Waals surface area contributed by atoms with Crippen molar-refractivity contribution in [3.05, 3.63) is 30.0 Å². The molecule has 5 nitrogen and oxygen atoms in total. The Balaban J connectivity index is 1.82. The highest BCUT2D eigenvalue weighted by atomic mass is 16.3. The van der Waals surface area contributed by atoms with Crippen LogP contribution in [0.2, 0.25) is 0 Å². The average Bonchev–Trinajstić information content (AvgIpc) is 2.80. The second-order valence-electron chi connectivity index (χ2n) is 5.70. The molecule has 0 aliphatic carbocycles. The van der Waals surface area contributed by atoms with Crippen molar-refractivity contribution in [1.29, 1.82) is 0 Å². The van der Waals surface area contributed by atoms with Crippen LogP contribution in [0.3, 0.4) is 0 Å². The van der Waals surface area contributed by atoms with Crippen molar-refractivity contribution in [2.45, 2.75) is 25.4 Å². The summed E-state index contributed by atoms with van der Waals surface area (Å²) in [6, 6.07) is 7.03.